The summed E-state index contributed by atoms with van der Waals surface area (Å²) in [6.07, 6.45) is 5.33. The van der Waals surface area contributed by atoms with Crippen molar-refractivity contribution in [1.29, 1.82) is 0 Å². The molecule has 2 N–H and O–H groups in total. The molecule has 122 valence electrons. The number of rotatable bonds is 4. The minimum Gasteiger partial charge on any atom is -0.389 e. The SMILES string of the molecule is O[C@H]1[C@H](NCc2cccnc2)[C@H]2CO[C@H](O2)[C@@H]1n1cc(Cl)cn1. The molecule has 0 spiro atoms. The largest absolute Gasteiger partial charge is 0.389 e. The smallest absolute Gasteiger partial charge is 0.183 e. The Labute approximate surface area is 138 Å². The maximum Gasteiger partial charge on any atom is 0.183 e. The van der Waals surface area contributed by atoms with E-state index in [4.69, 9.17) is 21.1 Å². The van der Waals surface area contributed by atoms with E-state index in [9.17, 15) is 5.11 Å². The molecule has 0 amide bonds. The van der Waals surface area contributed by atoms with Gasteiger partial charge in [0.2, 0.25) is 0 Å². The zero-order chi connectivity index (χ0) is 15.8. The quantitative estimate of drug-likeness (QED) is 0.857. The van der Waals surface area contributed by atoms with Gasteiger partial charge >= 0.3 is 0 Å². The number of hydrogen-bond donors (Lipinski definition) is 2. The molecule has 0 aliphatic carbocycles. The second-order valence-corrected chi connectivity index (χ2v) is 6.20. The number of nitrogens with zero attached hydrogens (tertiary/aromatic N) is 3. The first-order chi connectivity index (χ1) is 11.2. The third kappa shape index (κ3) is 2.86. The molecule has 8 heteroatoms. The predicted molar refractivity (Wildman–Crippen MR) is 81.8 cm³/mol. The van der Waals surface area contributed by atoms with Gasteiger partial charge in [-0.1, -0.05) is 17.7 Å². The summed E-state index contributed by atoms with van der Waals surface area (Å²) in [5.74, 6) is 0. The average molecular weight is 337 g/mol. The van der Waals surface area contributed by atoms with Crippen molar-refractivity contribution < 1.29 is 14.6 Å². The van der Waals surface area contributed by atoms with Crippen molar-refractivity contribution in [2.24, 2.45) is 0 Å². The van der Waals surface area contributed by atoms with Crippen molar-refractivity contribution in [3.63, 3.8) is 0 Å². The van der Waals surface area contributed by atoms with Gasteiger partial charge in [0.25, 0.3) is 0 Å². The molecule has 23 heavy (non-hydrogen) atoms. The number of pyridine rings is 1. The van der Waals surface area contributed by atoms with Gasteiger partial charge in [0, 0.05) is 25.1 Å². The van der Waals surface area contributed by atoms with Crippen molar-refractivity contribution in [3.05, 3.63) is 47.5 Å². The van der Waals surface area contributed by atoms with Gasteiger partial charge in [0.1, 0.15) is 12.1 Å². The number of hydrogen-bond acceptors (Lipinski definition) is 6. The lowest BCUT2D eigenvalue weighted by Crippen LogP contribution is -2.57. The number of halogens is 1. The van der Waals surface area contributed by atoms with Crippen molar-refractivity contribution in [2.45, 2.75) is 37.1 Å². The fourth-order valence-corrected chi connectivity index (χ4v) is 3.29. The van der Waals surface area contributed by atoms with Crippen LogP contribution in [-0.4, -0.2) is 51.0 Å². The minimum absolute atomic E-state index is 0.186. The topological polar surface area (TPSA) is 81.4 Å². The molecule has 5 atom stereocenters. The summed E-state index contributed by atoms with van der Waals surface area (Å²) < 4.78 is 13.2. The number of fused-ring (bicyclic) bond motifs is 2. The van der Waals surface area contributed by atoms with E-state index in [2.05, 4.69) is 15.4 Å². The van der Waals surface area contributed by atoms with Crippen molar-refractivity contribution in [3.8, 4) is 0 Å². The first-order valence-electron chi connectivity index (χ1n) is 7.49. The van der Waals surface area contributed by atoms with Crippen molar-refractivity contribution in [1.82, 2.24) is 20.1 Å². The Hall–Kier alpha value is -1.51. The molecule has 0 saturated carbocycles. The highest BCUT2D eigenvalue weighted by molar-refractivity contribution is 6.30. The summed E-state index contributed by atoms with van der Waals surface area (Å²) >= 11 is 5.94. The number of aromatic nitrogens is 3. The van der Waals surface area contributed by atoms with Crippen LogP contribution in [0.3, 0.4) is 0 Å². The van der Waals surface area contributed by atoms with Crippen LogP contribution in [-0.2, 0) is 16.0 Å². The fourth-order valence-electron chi connectivity index (χ4n) is 3.15. The molecule has 0 aromatic carbocycles. The van der Waals surface area contributed by atoms with Crippen LogP contribution >= 0.6 is 11.6 Å². The Bertz CT molecular complexity index is 668. The highest BCUT2D eigenvalue weighted by Gasteiger charge is 2.51. The fraction of sp³-hybridized carbons (Fsp3) is 0.467. The van der Waals surface area contributed by atoms with Gasteiger partial charge in [-0.3, -0.25) is 9.67 Å². The first-order valence-corrected chi connectivity index (χ1v) is 7.87. The second-order valence-electron chi connectivity index (χ2n) is 5.76. The summed E-state index contributed by atoms with van der Waals surface area (Å²) in [5, 5.41) is 18.9. The Morgan fingerprint density at radius 1 is 1.43 bits per heavy atom. The highest BCUT2D eigenvalue weighted by Crippen LogP contribution is 2.35. The van der Waals surface area contributed by atoms with E-state index in [-0.39, 0.29) is 12.1 Å². The van der Waals surface area contributed by atoms with Gasteiger partial charge in [-0.25, -0.2) is 0 Å². The molecule has 2 aromatic heterocycles. The molecule has 0 radical (unpaired) electrons. The molecule has 2 bridgehead atoms. The van der Waals surface area contributed by atoms with Crippen LogP contribution in [0.2, 0.25) is 5.02 Å². The molecular formula is C15H17ClN4O3. The second kappa shape index (κ2) is 6.18. The number of nitrogens with one attached hydrogen (secondary N) is 1. The maximum atomic E-state index is 10.8. The normalized spacial score (nSPS) is 33.0. The van der Waals surface area contributed by atoms with Crippen LogP contribution in [0.1, 0.15) is 11.6 Å². The molecule has 4 rings (SSSR count). The molecular weight excluding hydrogens is 320 g/mol. The van der Waals surface area contributed by atoms with E-state index in [1.807, 2.05) is 12.1 Å². The van der Waals surface area contributed by atoms with E-state index in [0.29, 0.717) is 18.2 Å². The summed E-state index contributed by atoms with van der Waals surface area (Å²) in [7, 11) is 0. The zero-order valence-corrected chi connectivity index (χ0v) is 13.0. The first kappa shape index (κ1) is 15.0. The van der Waals surface area contributed by atoms with Gasteiger partial charge in [0.15, 0.2) is 6.29 Å². The van der Waals surface area contributed by atoms with Gasteiger partial charge in [-0.05, 0) is 11.6 Å². The molecule has 2 fully saturated rings. The van der Waals surface area contributed by atoms with Crippen LogP contribution < -0.4 is 5.32 Å². The van der Waals surface area contributed by atoms with E-state index in [0.717, 1.165) is 5.56 Å². The third-order valence-corrected chi connectivity index (χ3v) is 4.47. The van der Waals surface area contributed by atoms with Crippen LogP contribution in [0, 0.1) is 0 Å². The molecule has 2 aliphatic rings. The Kier molecular flexibility index (Phi) is 4.04. The Morgan fingerprint density at radius 3 is 3.09 bits per heavy atom. The lowest BCUT2D eigenvalue weighted by molar-refractivity contribution is -0.168. The zero-order valence-electron chi connectivity index (χ0n) is 12.2. The van der Waals surface area contributed by atoms with Crippen LogP contribution in [0.25, 0.3) is 0 Å². The summed E-state index contributed by atoms with van der Waals surface area (Å²) in [6.45, 7) is 1.03. The number of aliphatic hydroxyl groups is 1. The summed E-state index contributed by atoms with van der Waals surface area (Å²) in [4.78, 5) is 4.09. The maximum absolute atomic E-state index is 10.8. The summed E-state index contributed by atoms with van der Waals surface area (Å²) in [6, 6.07) is 3.16. The Morgan fingerprint density at radius 2 is 2.35 bits per heavy atom. The summed E-state index contributed by atoms with van der Waals surface area (Å²) in [5.41, 5.74) is 1.04. The lowest BCUT2D eigenvalue weighted by atomic mass is 9.96. The molecule has 4 heterocycles. The molecule has 2 aromatic rings. The van der Waals surface area contributed by atoms with Crippen LogP contribution in [0.15, 0.2) is 36.9 Å². The Balaban J connectivity index is 1.52. The van der Waals surface area contributed by atoms with Gasteiger partial charge in [0.05, 0.1) is 30.0 Å². The minimum atomic E-state index is -0.700. The van der Waals surface area contributed by atoms with E-state index in [1.54, 1.807) is 23.3 Å². The van der Waals surface area contributed by atoms with Crippen LogP contribution in [0.5, 0.6) is 0 Å². The van der Waals surface area contributed by atoms with Crippen molar-refractivity contribution in [2.75, 3.05) is 6.61 Å². The van der Waals surface area contributed by atoms with E-state index in [1.165, 1.54) is 6.20 Å². The third-order valence-electron chi connectivity index (χ3n) is 4.27. The van der Waals surface area contributed by atoms with Gasteiger partial charge in [-0.15, -0.1) is 0 Å². The monoisotopic (exact) mass is 336 g/mol. The average Bonchev–Trinajstić information content (AvgIpc) is 3.17. The number of aliphatic hydroxyl groups excluding tert-OH is 1. The van der Waals surface area contributed by atoms with Gasteiger partial charge < -0.3 is 19.9 Å². The number of ether oxygens (including phenoxy) is 2. The van der Waals surface area contributed by atoms with Crippen molar-refractivity contribution >= 4 is 11.6 Å². The molecule has 2 saturated heterocycles. The van der Waals surface area contributed by atoms with E-state index < -0.39 is 18.4 Å². The molecule has 0 unspecified atom stereocenters. The lowest BCUT2D eigenvalue weighted by Gasteiger charge is -2.38. The van der Waals surface area contributed by atoms with Gasteiger partial charge in [-0.2, -0.15) is 5.10 Å². The molecule has 7 nitrogen and oxygen atoms in total. The van der Waals surface area contributed by atoms with E-state index >= 15 is 0 Å². The highest BCUT2D eigenvalue weighted by atomic mass is 35.5. The van der Waals surface area contributed by atoms with Crippen LogP contribution in [0.4, 0.5) is 0 Å². The predicted octanol–water partition coefficient (Wildman–Crippen LogP) is 0.747. The standard InChI is InChI=1S/C15H17ClN4O3/c16-10-6-19-20(7-10)13-14(21)12(11-8-22-15(13)23-11)18-5-9-2-1-3-17-4-9/h1-4,6-7,11-15,18,21H,5,8H2/t11-,12-,13-,14+,15-/m1/s1. The molecule has 2 aliphatic heterocycles.